The van der Waals surface area contributed by atoms with Crippen LogP contribution in [0.15, 0.2) is 24.3 Å². The average molecular weight is 413 g/mol. The number of alkyl halides is 3. The first-order valence-electron chi connectivity index (χ1n) is 7.72. The van der Waals surface area contributed by atoms with Crippen molar-refractivity contribution in [3.63, 3.8) is 0 Å². The van der Waals surface area contributed by atoms with Crippen LogP contribution in [-0.4, -0.2) is 62.7 Å². The van der Waals surface area contributed by atoms with Gasteiger partial charge in [-0.1, -0.05) is 6.07 Å². The molecule has 0 radical (unpaired) electrons. The number of nitrogens with zero attached hydrogens (tertiary/aromatic N) is 6. The number of benzene rings is 1. The van der Waals surface area contributed by atoms with Crippen molar-refractivity contribution < 1.29 is 13.2 Å². The highest BCUT2D eigenvalue weighted by Gasteiger charge is 2.31. The van der Waals surface area contributed by atoms with Gasteiger partial charge in [-0.3, -0.25) is 4.90 Å². The molecule has 0 N–H and O–H groups in total. The van der Waals surface area contributed by atoms with Gasteiger partial charge in [0.1, 0.15) is 0 Å². The molecule has 0 aliphatic carbocycles. The zero-order valence-corrected chi connectivity index (χ0v) is 16.0. The highest BCUT2D eigenvalue weighted by Crippen LogP contribution is 2.30. The topological polar surface area (TPSA) is 50.1 Å². The van der Waals surface area contributed by atoms with Crippen LogP contribution in [0.2, 0.25) is 0 Å². The maximum absolute atomic E-state index is 12.9. The summed E-state index contributed by atoms with van der Waals surface area (Å²) in [6.07, 6.45) is -4.39. The van der Waals surface area contributed by atoms with Gasteiger partial charge in [0.05, 0.1) is 17.8 Å². The molecule has 6 nitrogen and oxygen atoms in total. The summed E-state index contributed by atoms with van der Waals surface area (Å²) in [5.41, 5.74) is -0.401. The number of likely N-dealkylation sites (N-methyl/N-ethyl adjacent to an activating group) is 1. The molecule has 0 saturated carbocycles. The minimum Gasteiger partial charge on any atom is -0.301 e. The van der Waals surface area contributed by atoms with Gasteiger partial charge in [0.15, 0.2) is 5.82 Å². The van der Waals surface area contributed by atoms with Gasteiger partial charge in [-0.05, 0) is 42.6 Å². The fraction of sp³-hybridized carbons (Fsp3) is 0.533. The Morgan fingerprint density at radius 3 is 2.58 bits per heavy atom. The first-order chi connectivity index (χ1) is 11.3. The molecule has 3 rings (SSSR count). The molecule has 1 atom stereocenters. The van der Waals surface area contributed by atoms with E-state index in [9.17, 15) is 13.2 Å². The Hall–Kier alpha value is -1.42. The van der Waals surface area contributed by atoms with Crippen molar-refractivity contribution in [2.24, 2.45) is 0 Å². The predicted octanol–water partition coefficient (Wildman–Crippen LogP) is 2.66. The van der Waals surface area contributed by atoms with Crippen LogP contribution in [-0.2, 0) is 12.7 Å². The normalized spacial score (nSPS) is 18.9. The largest absolute Gasteiger partial charge is 0.416 e. The van der Waals surface area contributed by atoms with Crippen molar-refractivity contribution in [2.45, 2.75) is 25.7 Å². The lowest BCUT2D eigenvalue weighted by molar-refractivity contribution is -0.137. The number of tetrazole rings is 1. The molecule has 0 spiro atoms. The van der Waals surface area contributed by atoms with E-state index in [-0.39, 0.29) is 24.8 Å². The summed E-state index contributed by atoms with van der Waals surface area (Å²) < 4.78 is 40.0. The monoisotopic (exact) mass is 412 g/mol. The average Bonchev–Trinajstić information content (AvgIpc) is 2.98. The SMILES string of the molecule is CC1CN(Cc2nnnn2-c2cccc(C(F)(F)F)c2)CCN1C.Cl.Cl. The lowest BCUT2D eigenvalue weighted by Crippen LogP contribution is -2.49. The van der Waals surface area contributed by atoms with Crippen molar-refractivity contribution in [1.82, 2.24) is 30.0 Å². The Morgan fingerprint density at radius 2 is 1.92 bits per heavy atom. The smallest absolute Gasteiger partial charge is 0.301 e. The molecular formula is C15H21Cl2F3N6. The van der Waals surface area contributed by atoms with Crippen LogP contribution in [0.25, 0.3) is 5.69 Å². The Bertz CT molecular complexity index is 709. The van der Waals surface area contributed by atoms with Crippen molar-refractivity contribution >= 4 is 24.8 Å². The van der Waals surface area contributed by atoms with Crippen LogP contribution < -0.4 is 0 Å². The van der Waals surface area contributed by atoms with Crippen LogP contribution in [0.1, 0.15) is 18.3 Å². The Labute approximate surface area is 162 Å². The third kappa shape index (κ3) is 5.06. The summed E-state index contributed by atoms with van der Waals surface area (Å²) in [5, 5.41) is 11.5. The van der Waals surface area contributed by atoms with E-state index in [1.54, 1.807) is 6.07 Å². The van der Waals surface area contributed by atoms with E-state index in [0.29, 0.717) is 24.1 Å². The molecule has 1 aromatic heterocycles. The number of hydrogen-bond donors (Lipinski definition) is 0. The maximum Gasteiger partial charge on any atom is 0.416 e. The second-order valence-corrected chi connectivity index (χ2v) is 6.12. The van der Waals surface area contributed by atoms with Crippen LogP contribution in [0.5, 0.6) is 0 Å². The van der Waals surface area contributed by atoms with Gasteiger partial charge in [-0.15, -0.1) is 29.9 Å². The van der Waals surface area contributed by atoms with Crippen molar-refractivity contribution in [3.05, 3.63) is 35.7 Å². The number of halogens is 5. The second kappa shape index (κ2) is 8.98. The first-order valence-corrected chi connectivity index (χ1v) is 7.72. The third-order valence-electron chi connectivity index (χ3n) is 4.36. The van der Waals surface area contributed by atoms with E-state index in [2.05, 4.69) is 39.3 Å². The van der Waals surface area contributed by atoms with Crippen LogP contribution in [0, 0.1) is 0 Å². The molecule has 1 aliphatic heterocycles. The zero-order chi connectivity index (χ0) is 17.3. The number of aromatic nitrogens is 4. The molecule has 2 heterocycles. The van der Waals surface area contributed by atoms with Gasteiger partial charge >= 0.3 is 6.18 Å². The van der Waals surface area contributed by atoms with Gasteiger partial charge < -0.3 is 4.90 Å². The van der Waals surface area contributed by atoms with E-state index < -0.39 is 11.7 Å². The van der Waals surface area contributed by atoms with Gasteiger partial charge in [-0.25, -0.2) is 0 Å². The second-order valence-electron chi connectivity index (χ2n) is 6.12. The summed E-state index contributed by atoms with van der Waals surface area (Å²) in [5.74, 6) is 0.533. The fourth-order valence-electron chi connectivity index (χ4n) is 2.79. The van der Waals surface area contributed by atoms with Crippen molar-refractivity contribution in [1.29, 1.82) is 0 Å². The van der Waals surface area contributed by atoms with E-state index in [1.807, 2.05) is 0 Å². The van der Waals surface area contributed by atoms with E-state index in [0.717, 1.165) is 31.8 Å². The molecule has 26 heavy (non-hydrogen) atoms. The molecule has 1 fully saturated rings. The van der Waals surface area contributed by atoms with Gasteiger partial charge in [0, 0.05) is 25.7 Å². The number of piperazine rings is 1. The van der Waals surface area contributed by atoms with E-state index in [4.69, 9.17) is 0 Å². The van der Waals surface area contributed by atoms with Crippen LogP contribution in [0.4, 0.5) is 13.2 Å². The summed E-state index contributed by atoms with van der Waals surface area (Å²) in [4.78, 5) is 4.48. The minimum atomic E-state index is -4.39. The van der Waals surface area contributed by atoms with Crippen LogP contribution in [0.3, 0.4) is 0 Å². The molecule has 11 heteroatoms. The molecule has 146 valence electrons. The van der Waals surface area contributed by atoms with Crippen LogP contribution >= 0.6 is 24.8 Å². The van der Waals surface area contributed by atoms with Gasteiger partial charge in [-0.2, -0.15) is 17.9 Å². The summed E-state index contributed by atoms with van der Waals surface area (Å²) in [6.45, 7) is 5.32. The number of rotatable bonds is 3. The van der Waals surface area contributed by atoms with E-state index in [1.165, 1.54) is 10.7 Å². The Morgan fingerprint density at radius 1 is 1.19 bits per heavy atom. The minimum absolute atomic E-state index is 0. The standard InChI is InChI=1S/C15H19F3N6.2ClH/c1-11-9-23(7-6-22(11)2)10-14-19-20-21-24(14)13-5-3-4-12(8-13)15(16,17)18;;/h3-5,8,11H,6-7,9-10H2,1-2H3;2*1H. The molecule has 0 bridgehead atoms. The number of hydrogen-bond acceptors (Lipinski definition) is 5. The zero-order valence-electron chi connectivity index (χ0n) is 14.3. The highest BCUT2D eigenvalue weighted by atomic mass is 35.5. The molecule has 1 aromatic carbocycles. The summed E-state index contributed by atoms with van der Waals surface area (Å²) in [6, 6.07) is 5.45. The first kappa shape index (κ1) is 22.6. The lowest BCUT2D eigenvalue weighted by atomic mass is 10.2. The van der Waals surface area contributed by atoms with Crippen molar-refractivity contribution in [3.8, 4) is 5.69 Å². The van der Waals surface area contributed by atoms with E-state index >= 15 is 0 Å². The molecule has 2 aromatic rings. The van der Waals surface area contributed by atoms with Gasteiger partial charge in [0.25, 0.3) is 0 Å². The Kier molecular flexibility index (Phi) is 7.82. The van der Waals surface area contributed by atoms with Gasteiger partial charge in [0.2, 0.25) is 0 Å². The molecule has 1 unspecified atom stereocenters. The molecule has 1 saturated heterocycles. The highest BCUT2D eigenvalue weighted by molar-refractivity contribution is 5.85. The third-order valence-corrected chi connectivity index (χ3v) is 4.36. The lowest BCUT2D eigenvalue weighted by Gasteiger charge is -2.37. The molecule has 0 amide bonds. The molecular weight excluding hydrogens is 392 g/mol. The Balaban J connectivity index is 0.00000169. The predicted molar refractivity (Wildman–Crippen MR) is 96.0 cm³/mol. The maximum atomic E-state index is 12.9. The summed E-state index contributed by atoms with van der Waals surface area (Å²) in [7, 11) is 2.08. The van der Waals surface area contributed by atoms with Crippen molar-refractivity contribution in [2.75, 3.05) is 26.7 Å². The fourth-order valence-corrected chi connectivity index (χ4v) is 2.79. The quantitative estimate of drug-likeness (QED) is 0.775. The summed E-state index contributed by atoms with van der Waals surface area (Å²) >= 11 is 0. The molecule has 1 aliphatic rings.